The van der Waals surface area contributed by atoms with Gasteiger partial charge in [-0.2, -0.15) is 0 Å². The number of carboxylic acids is 1. The van der Waals surface area contributed by atoms with E-state index in [4.69, 9.17) is 5.11 Å². The lowest BCUT2D eigenvalue weighted by atomic mass is 9.98. The Hall–Kier alpha value is -0.580. The molecular weight excluding hydrogens is 180 g/mol. The molecule has 0 rings (SSSR count). The minimum atomic E-state index is -3.19. The van der Waals surface area contributed by atoms with Crippen LogP contribution in [-0.2, 0) is 14.6 Å². The molecule has 0 heterocycles. The standard InChI is InChI=1S/C7H14O4S/c1-5(2)6(7(8)9)4-12(3,10)11/h5-6H,4H2,1-3H3,(H,8,9). The van der Waals surface area contributed by atoms with Gasteiger partial charge in [0.15, 0.2) is 0 Å². The fourth-order valence-corrected chi connectivity index (χ4v) is 2.05. The maximum absolute atomic E-state index is 10.8. The van der Waals surface area contributed by atoms with Crippen LogP contribution in [0.3, 0.4) is 0 Å². The minimum absolute atomic E-state index is 0.155. The van der Waals surface area contributed by atoms with E-state index in [0.717, 1.165) is 6.26 Å². The molecule has 0 saturated heterocycles. The van der Waals surface area contributed by atoms with Crippen LogP contribution in [0.1, 0.15) is 13.8 Å². The highest BCUT2D eigenvalue weighted by atomic mass is 32.2. The fraction of sp³-hybridized carbons (Fsp3) is 0.857. The Kier molecular flexibility index (Phi) is 3.70. The molecule has 1 unspecified atom stereocenters. The molecule has 1 atom stereocenters. The number of carboxylic acid groups (broad SMARTS) is 1. The van der Waals surface area contributed by atoms with Crippen molar-refractivity contribution in [3.05, 3.63) is 0 Å². The zero-order valence-electron chi connectivity index (χ0n) is 7.44. The van der Waals surface area contributed by atoms with Crippen LogP contribution in [0.4, 0.5) is 0 Å². The third-order valence-corrected chi connectivity index (χ3v) is 2.57. The van der Waals surface area contributed by atoms with E-state index >= 15 is 0 Å². The van der Waals surface area contributed by atoms with Gasteiger partial charge in [0, 0.05) is 6.26 Å². The molecule has 1 N–H and O–H groups in total. The van der Waals surface area contributed by atoms with E-state index < -0.39 is 21.7 Å². The average molecular weight is 194 g/mol. The van der Waals surface area contributed by atoms with Crippen LogP contribution in [-0.4, -0.2) is 31.5 Å². The molecule has 0 radical (unpaired) electrons. The van der Waals surface area contributed by atoms with Gasteiger partial charge in [-0.25, -0.2) is 8.42 Å². The van der Waals surface area contributed by atoms with Crippen molar-refractivity contribution in [2.45, 2.75) is 13.8 Å². The van der Waals surface area contributed by atoms with Gasteiger partial charge in [-0.05, 0) is 5.92 Å². The largest absolute Gasteiger partial charge is 0.481 e. The van der Waals surface area contributed by atoms with Gasteiger partial charge in [0.25, 0.3) is 0 Å². The lowest BCUT2D eigenvalue weighted by molar-refractivity contribution is -0.142. The highest BCUT2D eigenvalue weighted by molar-refractivity contribution is 7.90. The molecule has 0 amide bonds. The summed E-state index contributed by atoms with van der Waals surface area (Å²) >= 11 is 0. The molecule has 0 aliphatic heterocycles. The lowest BCUT2D eigenvalue weighted by Gasteiger charge is -2.14. The monoisotopic (exact) mass is 194 g/mol. The molecule has 0 fully saturated rings. The second kappa shape index (κ2) is 3.89. The molecule has 0 aliphatic rings. The van der Waals surface area contributed by atoms with Crippen LogP contribution >= 0.6 is 0 Å². The highest BCUT2D eigenvalue weighted by Gasteiger charge is 2.25. The van der Waals surface area contributed by atoms with Crippen LogP contribution < -0.4 is 0 Å². The Morgan fingerprint density at radius 2 is 1.83 bits per heavy atom. The summed E-state index contributed by atoms with van der Waals surface area (Å²) in [7, 11) is -3.19. The van der Waals surface area contributed by atoms with Crippen molar-refractivity contribution in [1.82, 2.24) is 0 Å². The van der Waals surface area contributed by atoms with E-state index in [2.05, 4.69) is 0 Å². The Morgan fingerprint density at radius 1 is 1.42 bits per heavy atom. The minimum Gasteiger partial charge on any atom is -0.481 e. The molecule has 12 heavy (non-hydrogen) atoms. The molecule has 4 nitrogen and oxygen atoms in total. The third kappa shape index (κ3) is 4.33. The number of hydrogen-bond acceptors (Lipinski definition) is 3. The number of rotatable bonds is 4. The first-order chi connectivity index (χ1) is 5.24. The Labute approximate surface area is 72.5 Å². The summed E-state index contributed by atoms with van der Waals surface area (Å²) in [5.41, 5.74) is 0. The van der Waals surface area contributed by atoms with Gasteiger partial charge < -0.3 is 5.11 Å². The van der Waals surface area contributed by atoms with Crippen molar-refractivity contribution in [3.63, 3.8) is 0 Å². The maximum atomic E-state index is 10.8. The van der Waals surface area contributed by atoms with Crippen molar-refractivity contribution >= 4 is 15.8 Å². The smallest absolute Gasteiger partial charge is 0.307 e. The van der Waals surface area contributed by atoms with Crippen molar-refractivity contribution in [1.29, 1.82) is 0 Å². The quantitative estimate of drug-likeness (QED) is 0.702. The highest BCUT2D eigenvalue weighted by Crippen LogP contribution is 2.12. The SMILES string of the molecule is CC(C)C(CS(C)(=O)=O)C(=O)O. The van der Waals surface area contributed by atoms with E-state index in [1.807, 2.05) is 0 Å². The average Bonchev–Trinajstić information content (AvgIpc) is 1.79. The van der Waals surface area contributed by atoms with Crippen LogP contribution in [0, 0.1) is 11.8 Å². The summed E-state index contributed by atoms with van der Waals surface area (Å²) in [6, 6.07) is 0. The summed E-state index contributed by atoms with van der Waals surface area (Å²) in [5.74, 6) is -2.27. The first kappa shape index (κ1) is 11.4. The predicted molar refractivity (Wildman–Crippen MR) is 45.7 cm³/mol. The Morgan fingerprint density at radius 3 is 1.92 bits per heavy atom. The summed E-state index contributed by atoms with van der Waals surface area (Å²) < 4.78 is 21.6. The summed E-state index contributed by atoms with van der Waals surface area (Å²) in [5, 5.41) is 8.64. The molecule has 0 bridgehead atoms. The molecular formula is C7H14O4S. The number of aliphatic carboxylic acids is 1. The Balaban J connectivity index is 4.46. The van der Waals surface area contributed by atoms with Crippen molar-refractivity contribution in [2.75, 3.05) is 12.0 Å². The van der Waals surface area contributed by atoms with Gasteiger partial charge in [0.1, 0.15) is 9.84 Å². The van der Waals surface area contributed by atoms with Gasteiger partial charge in [-0.15, -0.1) is 0 Å². The molecule has 0 aromatic heterocycles. The molecule has 0 aromatic carbocycles. The van der Waals surface area contributed by atoms with Gasteiger partial charge in [0.2, 0.25) is 0 Å². The molecule has 0 spiro atoms. The molecule has 72 valence electrons. The second-order valence-corrected chi connectivity index (χ2v) is 5.47. The van der Waals surface area contributed by atoms with E-state index in [1.165, 1.54) is 0 Å². The molecule has 0 saturated carbocycles. The zero-order chi connectivity index (χ0) is 9.94. The van der Waals surface area contributed by atoms with Crippen molar-refractivity contribution in [3.8, 4) is 0 Å². The van der Waals surface area contributed by atoms with E-state index in [0.29, 0.717) is 0 Å². The third-order valence-electron chi connectivity index (χ3n) is 1.60. The van der Waals surface area contributed by atoms with Gasteiger partial charge in [-0.3, -0.25) is 4.79 Å². The van der Waals surface area contributed by atoms with Gasteiger partial charge >= 0.3 is 5.97 Å². The van der Waals surface area contributed by atoms with Crippen LogP contribution in [0.15, 0.2) is 0 Å². The molecule has 0 aromatic rings. The van der Waals surface area contributed by atoms with Crippen LogP contribution in [0.5, 0.6) is 0 Å². The number of carbonyl (C=O) groups is 1. The van der Waals surface area contributed by atoms with Gasteiger partial charge in [-0.1, -0.05) is 13.8 Å². The predicted octanol–water partition coefficient (Wildman–Crippen LogP) is 0.388. The summed E-state index contributed by atoms with van der Waals surface area (Å²) in [4.78, 5) is 10.6. The summed E-state index contributed by atoms with van der Waals surface area (Å²) in [6.07, 6.45) is 1.05. The normalized spacial score (nSPS) is 14.7. The Bertz CT molecular complexity index is 253. The van der Waals surface area contributed by atoms with E-state index in [-0.39, 0.29) is 11.7 Å². The zero-order valence-corrected chi connectivity index (χ0v) is 8.26. The summed E-state index contributed by atoms with van der Waals surface area (Å²) in [6.45, 7) is 3.40. The number of sulfone groups is 1. The van der Waals surface area contributed by atoms with Crippen LogP contribution in [0.2, 0.25) is 0 Å². The fourth-order valence-electron chi connectivity index (χ4n) is 0.875. The topological polar surface area (TPSA) is 71.4 Å². The maximum Gasteiger partial charge on any atom is 0.307 e. The molecule has 5 heteroatoms. The second-order valence-electron chi connectivity index (χ2n) is 3.28. The van der Waals surface area contributed by atoms with Crippen molar-refractivity contribution < 1.29 is 18.3 Å². The number of hydrogen-bond donors (Lipinski definition) is 1. The van der Waals surface area contributed by atoms with E-state index in [9.17, 15) is 13.2 Å². The first-order valence-electron chi connectivity index (χ1n) is 3.64. The van der Waals surface area contributed by atoms with Crippen LogP contribution in [0.25, 0.3) is 0 Å². The van der Waals surface area contributed by atoms with E-state index in [1.54, 1.807) is 13.8 Å². The van der Waals surface area contributed by atoms with Crippen molar-refractivity contribution in [2.24, 2.45) is 11.8 Å². The molecule has 0 aliphatic carbocycles. The first-order valence-corrected chi connectivity index (χ1v) is 5.70. The lowest BCUT2D eigenvalue weighted by Crippen LogP contribution is -2.27. The van der Waals surface area contributed by atoms with Gasteiger partial charge in [0.05, 0.1) is 11.7 Å².